The van der Waals surface area contributed by atoms with Crippen LogP contribution in [0.3, 0.4) is 0 Å². The largest absolute Gasteiger partial charge is 0.356 e. The molecule has 2 heterocycles. The van der Waals surface area contributed by atoms with Gasteiger partial charge < -0.3 is 4.90 Å². The van der Waals surface area contributed by atoms with Crippen molar-refractivity contribution in [1.82, 2.24) is 14.7 Å². The van der Waals surface area contributed by atoms with Gasteiger partial charge in [-0.1, -0.05) is 6.42 Å². The number of anilines is 1. The molecule has 0 amide bonds. The van der Waals surface area contributed by atoms with Crippen molar-refractivity contribution in [3.8, 4) is 6.07 Å². The smallest absolute Gasteiger partial charge is 0.208 e. The number of fused-ring (bicyclic) bond motifs is 1. The Morgan fingerprint density at radius 2 is 2.18 bits per heavy atom. The number of unbranched alkanes of at least 4 members (excludes halogenated alkanes) is 1. The molecule has 28 heavy (non-hydrogen) atoms. The molecule has 1 fully saturated rings. The Bertz CT molecular complexity index is 990. The summed E-state index contributed by atoms with van der Waals surface area (Å²) in [6.45, 7) is 2.16. The van der Waals surface area contributed by atoms with Gasteiger partial charge in [-0.2, -0.15) is 5.26 Å². The van der Waals surface area contributed by atoms with E-state index in [1.165, 1.54) is 24.7 Å². The first kappa shape index (κ1) is 20.4. The second kappa shape index (κ2) is 8.80. The predicted molar refractivity (Wildman–Crippen MR) is 106 cm³/mol. The molecule has 150 valence electrons. The molecule has 1 aliphatic rings. The predicted octanol–water partition coefficient (Wildman–Crippen LogP) is 2.58. The van der Waals surface area contributed by atoms with Gasteiger partial charge in [0, 0.05) is 31.1 Å². The van der Waals surface area contributed by atoms with Gasteiger partial charge in [0.1, 0.15) is 24.0 Å². The zero-order valence-electron chi connectivity index (χ0n) is 15.9. The number of sulfonamides is 1. The third kappa shape index (κ3) is 5.14. The Morgan fingerprint density at radius 3 is 2.93 bits per heavy atom. The fourth-order valence-electron chi connectivity index (χ4n) is 3.71. The average Bonchev–Trinajstić information content (AvgIpc) is 2.66. The van der Waals surface area contributed by atoms with Crippen molar-refractivity contribution < 1.29 is 12.8 Å². The summed E-state index contributed by atoms with van der Waals surface area (Å²) >= 11 is 0. The highest BCUT2D eigenvalue weighted by Gasteiger charge is 2.23. The summed E-state index contributed by atoms with van der Waals surface area (Å²) in [5.41, 5.74) is 0.492. The van der Waals surface area contributed by atoms with Crippen molar-refractivity contribution in [2.45, 2.75) is 32.1 Å². The minimum Gasteiger partial charge on any atom is -0.356 e. The zero-order chi connectivity index (χ0) is 20.1. The highest BCUT2D eigenvalue weighted by atomic mass is 32.2. The average molecular weight is 405 g/mol. The van der Waals surface area contributed by atoms with Crippen molar-refractivity contribution in [2.75, 3.05) is 30.8 Å². The lowest BCUT2D eigenvalue weighted by atomic mass is 9.92. The van der Waals surface area contributed by atoms with Crippen molar-refractivity contribution in [3.05, 3.63) is 29.8 Å². The molecule has 2 aromatic rings. The van der Waals surface area contributed by atoms with E-state index in [2.05, 4.69) is 19.6 Å². The number of hydrogen-bond donors (Lipinski definition) is 1. The molecule has 1 aromatic carbocycles. The van der Waals surface area contributed by atoms with Gasteiger partial charge in [0.2, 0.25) is 10.0 Å². The van der Waals surface area contributed by atoms with Crippen LogP contribution >= 0.6 is 0 Å². The Kier molecular flexibility index (Phi) is 6.42. The Hall–Kier alpha value is -2.31. The van der Waals surface area contributed by atoms with Crippen LogP contribution in [-0.4, -0.2) is 44.3 Å². The molecule has 1 saturated heterocycles. The molecule has 1 aliphatic heterocycles. The summed E-state index contributed by atoms with van der Waals surface area (Å²) in [5, 5.41) is 9.82. The highest BCUT2D eigenvalue weighted by molar-refractivity contribution is 7.88. The van der Waals surface area contributed by atoms with Crippen LogP contribution in [0.25, 0.3) is 10.9 Å². The molecular formula is C19H24FN5O2S. The molecule has 7 nitrogen and oxygen atoms in total. The van der Waals surface area contributed by atoms with Crippen LogP contribution in [-0.2, 0) is 10.0 Å². The van der Waals surface area contributed by atoms with Crippen molar-refractivity contribution in [1.29, 1.82) is 5.26 Å². The SMILES string of the molecule is CS(=O)(=O)NCCCCC1CCCN(c2ncnc3cc(F)c(C#N)cc23)C1. The van der Waals surface area contributed by atoms with Gasteiger partial charge in [0.15, 0.2) is 0 Å². The Labute approximate surface area is 164 Å². The molecule has 1 aromatic heterocycles. The summed E-state index contributed by atoms with van der Waals surface area (Å²) < 4.78 is 38.6. The molecular weight excluding hydrogens is 381 g/mol. The van der Waals surface area contributed by atoms with E-state index < -0.39 is 15.8 Å². The first-order chi connectivity index (χ1) is 13.4. The molecule has 0 radical (unpaired) electrons. The fraction of sp³-hybridized carbons (Fsp3) is 0.526. The quantitative estimate of drug-likeness (QED) is 0.711. The lowest BCUT2D eigenvalue weighted by Crippen LogP contribution is -2.36. The summed E-state index contributed by atoms with van der Waals surface area (Å²) in [6.07, 6.45) is 7.54. The monoisotopic (exact) mass is 405 g/mol. The summed E-state index contributed by atoms with van der Waals surface area (Å²) in [7, 11) is -3.13. The minimum absolute atomic E-state index is 0.00418. The number of nitrogens with zero attached hydrogens (tertiary/aromatic N) is 4. The fourth-order valence-corrected chi connectivity index (χ4v) is 4.23. The minimum atomic E-state index is -3.13. The van der Waals surface area contributed by atoms with E-state index in [-0.39, 0.29) is 5.56 Å². The molecule has 0 saturated carbocycles. The first-order valence-electron chi connectivity index (χ1n) is 9.41. The molecule has 0 bridgehead atoms. The van der Waals surface area contributed by atoms with Gasteiger partial charge in [-0.05, 0) is 37.7 Å². The van der Waals surface area contributed by atoms with Gasteiger partial charge in [-0.15, -0.1) is 0 Å². The van der Waals surface area contributed by atoms with E-state index in [1.807, 2.05) is 6.07 Å². The second-order valence-electron chi connectivity index (χ2n) is 7.27. The van der Waals surface area contributed by atoms with E-state index in [9.17, 15) is 12.8 Å². The normalized spacial score (nSPS) is 17.6. The maximum atomic E-state index is 13.9. The van der Waals surface area contributed by atoms with Gasteiger partial charge in [-0.3, -0.25) is 0 Å². The maximum Gasteiger partial charge on any atom is 0.208 e. The molecule has 9 heteroatoms. The number of rotatable bonds is 7. The summed E-state index contributed by atoms with van der Waals surface area (Å²) in [4.78, 5) is 10.7. The highest BCUT2D eigenvalue weighted by Crippen LogP contribution is 2.30. The number of nitrogens with one attached hydrogen (secondary N) is 1. The van der Waals surface area contributed by atoms with Crippen molar-refractivity contribution >= 4 is 26.7 Å². The number of nitriles is 1. The van der Waals surface area contributed by atoms with Crippen LogP contribution < -0.4 is 9.62 Å². The number of halogens is 1. The van der Waals surface area contributed by atoms with E-state index >= 15 is 0 Å². The Balaban J connectivity index is 1.66. The van der Waals surface area contributed by atoms with Crippen LogP contribution in [0.5, 0.6) is 0 Å². The first-order valence-corrected chi connectivity index (χ1v) is 11.3. The van der Waals surface area contributed by atoms with E-state index in [4.69, 9.17) is 5.26 Å². The van der Waals surface area contributed by atoms with Gasteiger partial charge >= 0.3 is 0 Å². The molecule has 3 rings (SSSR count). The van der Waals surface area contributed by atoms with E-state index in [1.54, 1.807) is 0 Å². The number of benzene rings is 1. The molecule has 1 unspecified atom stereocenters. The molecule has 1 N–H and O–H groups in total. The van der Waals surface area contributed by atoms with Crippen molar-refractivity contribution in [3.63, 3.8) is 0 Å². The Morgan fingerprint density at radius 1 is 1.36 bits per heavy atom. The molecule has 1 atom stereocenters. The van der Waals surface area contributed by atoms with Crippen molar-refractivity contribution in [2.24, 2.45) is 5.92 Å². The van der Waals surface area contributed by atoms with Gasteiger partial charge in [0.05, 0.1) is 17.3 Å². The lowest BCUT2D eigenvalue weighted by molar-refractivity contribution is 0.377. The second-order valence-corrected chi connectivity index (χ2v) is 9.11. The molecule has 0 aliphatic carbocycles. The van der Waals surface area contributed by atoms with E-state index in [0.717, 1.165) is 51.0 Å². The zero-order valence-corrected chi connectivity index (χ0v) is 16.7. The summed E-state index contributed by atoms with van der Waals surface area (Å²) in [6, 6.07) is 4.69. The number of piperidine rings is 1. The number of hydrogen-bond acceptors (Lipinski definition) is 6. The molecule has 0 spiro atoms. The van der Waals surface area contributed by atoms with Crippen LogP contribution in [0.2, 0.25) is 0 Å². The third-order valence-electron chi connectivity index (χ3n) is 5.05. The van der Waals surface area contributed by atoms with Crippen LogP contribution in [0.4, 0.5) is 10.2 Å². The maximum absolute atomic E-state index is 13.9. The van der Waals surface area contributed by atoms with E-state index in [0.29, 0.717) is 23.4 Å². The van der Waals surface area contributed by atoms with Gasteiger partial charge in [0.25, 0.3) is 0 Å². The van der Waals surface area contributed by atoms with Crippen LogP contribution in [0.15, 0.2) is 18.5 Å². The summed E-state index contributed by atoms with van der Waals surface area (Å²) in [5.74, 6) is 0.664. The van der Waals surface area contributed by atoms with Crippen LogP contribution in [0, 0.1) is 23.1 Å². The number of aromatic nitrogens is 2. The standard InChI is InChI=1S/C19H24FN5O2S/c1-28(26,27)24-7-3-2-5-14-6-4-8-25(12-14)19-16-9-15(11-21)17(20)10-18(16)22-13-23-19/h9-10,13-14,24H,2-8,12H2,1H3. The van der Waals surface area contributed by atoms with Gasteiger partial charge in [-0.25, -0.2) is 27.5 Å². The lowest BCUT2D eigenvalue weighted by Gasteiger charge is -2.34. The topological polar surface area (TPSA) is 99.0 Å². The third-order valence-corrected chi connectivity index (χ3v) is 5.77. The van der Waals surface area contributed by atoms with Crippen LogP contribution in [0.1, 0.15) is 37.7 Å².